The van der Waals surface area contributed by atoms with Gasteiger partial charge in [0.1, 0.15) is 5.75 Å². The first-order valence-corrected chi connectivity index (χ1v) is 5.00. The molecule has 2 N–H and O–H groups in total. The van der Waals surface area contributed by atoms with Crippen molar-refractivity contribution < 1.29 is 9.53 Å². The lowest BCUT2D eigenvalue weighted by Crippen LogP contribution is -2.25. The van der Waals surface area contributed by atoms with Gasteiger partial charge in [-0.2, -0.15) is 0 Å². The van der Waals surface area contributed by atoms with Crippen LogP contribution < -0.4 is 15.4 Å². The minimum absolute atomic E-state index is 0.0811. The van der Waals surface area contributed by atoms with Gasteiger partial charge >= 0.3 is 0 Å². The number of anilines is 1. The number of carbonyl (C=O) groups is 1. The predicted molar refractivity (Wildman–Crippen MR) is 61.4 cm³/mol. The summed E-state index contributed by atoms with van der Waals surface area (Å²) in [6.45, 7) is 0.720. The predicted octanol–water partition coefficient (Wildman–Crippen LogP) is 0.588. The smallest absolute Gasteiger partial charge is 0.262 e. The molecule has 1 aliphatic heterocycles. The van der Waals surface area contributed by atoms with E-state index in [1.807, 2.05) is 25.2 Å². The molecule has 0 saturated carbocycles. The fourth-order valence-electron chi connectivity index (χ4n) is 1.40. The number of carbonyl (C=O) groups excluding carboxylic acids is 1. The van der Waals surface area contributed by atoms with Crippen LogP contribution in [-0.2, 0) is 4.79 Å². The second kappa shape index (κ2) is 4.69. The van der Waals surface area contributed by atoms with Crippen LogP contribution in [-0.4, -0.2) is 26.1 Å². The normalized spacial score (nSPS) is 12.9. The van der Waals surface area contributed by atoms with Crippen LogP contribution in [0.5, 0.6) is 5.75 Å². The van der Waals surface area contributed by atoms with E-state index in [1.54, 1.807) is 0 Å². The minimum Gasteiger partial charge on any atom is -0.482 e. The minimum atomic E-state index is -0.132. The molecular weight excluding hydrogens is 204 g/mol. The molecule has 82 valence electrons. The first kappa shape index (κ1) is 10.5. The Kier molecular flexibility index (Phi) is 3.08. The quantitative estimate of drug-likeness (QED) is 0.675. The third-order valence-electron chi connectivity index (χ3n) is 2.11. The standard InChI is InChI=1S/C12H12N2O2/c1-13-6-2-3-9-4-5-11-10(7-9)14-12(15)8-16-11/h4-5,7,13H,6,8H2,1H3,(H,14,15). The Balaban J connectivity index is 2.22. The van der Waals surface area contributed by atoms with Crippen LogP contribution >= 0.6 is 0 Å². The van der Waals surface area contributed by atoms with Gasteiger partial charge in [0, 0.05) is 5.56 Å². The van der Waals surface area contributed by atoms with Gasteiger partial charge in [0.25, 0.3) is 5.91 Å². The van der Waals surface area contributed by atoms with E-state index in [2.05, 4.69) is 22.5 Å². The van der Waals surface area contributed by atoms with Crippen molar-refractivity contribution >= 4 is 11.6 Å². The number of amides is 1. The highest BCUT2D eigenvalue weighted by Gasteiger charge is 2.15. The van der Waals surface area contributed by atoms with Crippen molar-refractivity contribution in [1.29, 1.82) is 0 Å². The Morgan fingerprint density at radius 3 is 3.25 bits per heavy atom. The summed E-state index contributed by atoms with van der Waals surface area (Å²) in [7, 11) is 1.84. The maximum Gasteiger partial charge on any atom is 0.262 e. The Morgan fingerprint density at radius 2 is 2.44 bits per heavy atom. The Bertz CT molecular complexity index is 472. The average molecular weight is 216 g/mol. The highest BCUT2D eigenvalue weighted by molar-refractivity contribution is 5.95. The topological polar surface area (TPSA) is 50.4 Å². The molecule has 16 heavy (non-hydrogen) atoms. The van der Waals surface area contributed by atoms with Crippen molar-refractivity contribution in [3.63, 3.8) is 0 Å². The molecule has 1 heterocycles. The van der Waals surface area contributed by atoms with E-state index >= 15 is 0 Å². The van der Waals surface area contributed by atoms with Crippen LogP contribution in [0.4, 0.5) is 5.69 Å². The Labute approximate surface area is 94.0 Å². The first-order valence-electron chi connectivity index (χ1n) is 5.00. The molecule has 0 fully saturated rings. The summed E-state index contributed by atoms with van der Waals surface area (Å²) in [5.74, 6) is 6.51. The zero-order valence-electron chi connectivity index (χ0n) is 8.96. The second-order valence-electron chi connectivity index (χ2n) is 3.38. The average Bonchev–Trinajstić information content (AvgIpc) is 2.29. The van der Waals surface area contributed by atoms with Gasteiger partial charge < -0.3 is 15.4 Å². The first-order chi connectivity index (χ1) is 7.79. The molecule has 0 unspecified atom stereocenters. The van der Waals surface area contributed by atoms with Crippen molar-refractivity contribution in [1.82, 2.24) is 5.32 Å². The third kappa shape index (κ3) is 2.33. The zero-order chi connectivity index (χ0) is 11.4. The number of rotatable bonds is 1. The van der Waals surface area contributed by atoms with Crippen LogP contribution in [0, 0.1) is 11.8 Å². The molecule has 2 rings (SSSR count). The molecule has 1 aromatic rings. The van der Waals surface area contributed by atoms with Gasteiger partial charge in [0.05, 0.1) is 12.2 Å². The summed E-state index contributed by atoms with van der Waals surface area (Å²) in [5, 5.41) is 5.68. The van der Waals surface area contributed by atoms with Crippen molar-refractivity contribution in [3.05, 3.63) is 23.8 Å². The summed E-state index contributed by atoms with van der Waals surface area (Å²) >= 11 is 0. The van der Waals surface area contributed by atoms with E-state index in [1.165, 1.54) is 0 Å². The molecule has 4 heteroatoms. The number of hydrogen-bond acceptors (Lipinski definition) is 3. The van der Waals surface area contributed by atoms with Crippen molar-refractivity contribution in [2.75, 3.05) is 25.5 Å². The molecule has 0 aliphatic carbocycles. The molecule has 0 radical (unpaired) electrons. The second-order valence-corrected chi connectivity index (χ2v) is 3.38. The molecular formula is C12H12N2O2. The molecule has 1 aromatic carbocycles. The van der Waals surface area contributed by atoms with Gasteiger partial charge in [0.2, 0.25) is 0 Å². The third-order valence-corrected chi connectivity index (χ3v) is 2.11. The summed E-state index contributed by atoms with van der Waals surface area (Å²) in [5.41, 5.74) is 1.55. The molecule has 0 spiro atoms. The fourth-order valence-corrected chi connectivity index (χ4v) is 1.40. The summed E-state index contributed by atoms with van der Waals surface area (Å²) in [6, 6.07) is 5.51. The number of benzene rings is 1. The van der Waals surface area contributed by atoms with Crippen LogP contribution in [0.25, 0.3) is 0 Å². The van der Waals surface area contributed by atoms with Crippen LogP contribution in [0.2, 0.25) is 0 Å². The van der Waals surface area contributed by atoms with Crippen LogP contribution in [0.15, 0.2) is 18.2 Å². The highest BCUT2D eigenvalue weighted by Crippen LogP contribution is 2.27. The number of hydrogen-bond donors (Lipinski definition) is 2. The van der Waals surface area contributed by atoms with Gasteiger partial charge in [-0.15, -0.1) is 0 Å². The van der Waals surface area contributed by atoms with E-state index in [0.717, 1.165) is 5.56 Å². The van der Waals surface area contributed by atoms with Crippen LogP contribution in [0.3, 0.4) is 0 Å². The lowest BCUT2D eigenvalue weighted by molar-refractivity contribution is -0.118. The van der Waals surface area contributed by atoms with E-state index in [9.17, 15) is 4.79 Å². The Morgan fingerprint density at radius 1 is 1.56 bits per heavy atom. The van der Waals surface area contributed by atoms with E-state index in [-0.39, 0.29) is 12.5 Å². The highest BCUT2D eigenvalue weighted by atomic mass is 16.5. The van der Waals surface area contributed by atoms with Crippen molar-refractivity contribution in [3.8, 4) is 17.6 Å². The van der Waals surface area contributed by atoms with Gasteiger partial charge in [-0.3, -0.25) is 4.79 Å². The van der Waals surface area contributed by atoms with E-state index < -0.39 is 0 Å². The van der Waals surface area contributed by atoms with Gasteiger partial charge in [0.15, 0.2) is 6.61 Å². The fraction of sp³-hybridized carbons (Fsp3) is 0.250. The lowest BCUT2D eigenvalue weighted by Gasteiger charge is -2.17. The molecule has 0 saturated heterocycles. The van der Waals surface area contributed by atoms with Gasteiger partial charge in [-0.1, -0.05) is 11.8 Å². The molecule has 0 atom stereocenters. The summed E-state index contributed by atoms with van der Waals surface area (Å²) in [6.07, 6.45) is 0. The Hall–Kier alpha value is -1.99. The molecule has 0 aromatic heterocycles. The van der Waals surface area contributed by atoms with Crippen LogP contribution in [0.1, 0.15) is 5.56 Å². The molecule has 1 amide bonds. The largest absolute Gasteiger partial charge is 0.482 e. The van der Waals surface area contributed by atoms with Crippen molar-refractivity contribution in [2.45, 2.75) is 0 Å². The van der Waals surface area contributed by atoms with E-state index in [0.29, 0.717) is 18.0 Å². The summed E-state index contributed by atoms with van der Waals surface area (Å²) < 4.78 is 5.24. The molecule has 1 aliphatic rings. The van der Waals surface area contributed by atoms with Gasteiger partial charge in [-0.05, 0) is 25.2 Å². The maximum atomic E-state index is 11.1. The monoisotopic (exact) mass is 216 g/mol. The maximum absolute atomic E-state index is 11.1. The zero-order valence-corrected chi connectivity index (χ0v) is 8.96. The lowest BCUT2D eigenvalue weighted by atomic mass is 10.1. The molecule has 0 bridgehead atoms. The number of nitrogens with one attached hydrogen (secondary N) is 2. The number of ether oxygens (including phenoxy) is 1. The number of fused-ring (bicyclic) bond motifs is 1. The van der Waals surface area contributed by atoms with Gasteiger partial charge in [-0.25, -0.2) is 0 Å². The summed E-state index contributed by atoms with van der Waals surface area (Å²) in [4.78, 5) is 11.1. The van der Waals surface area contributed by atoms with E-state index in [4.69, 9.17) is 4.74 Å². The van der Waals surface area contributed by atoms with Crippen molar-refractivity contribution in [2.24, 2.45) is 0 Å². The SMILES string of the molecule is CNCC#Cc1ccc2c(c1)NC(=O)CO2. The molecule has 4 nitrogen and oxygen atoms in total.